The second kappa shape index (κ2) is 10.4. The average molecular weight is 465 g/mol. The minimum absolute atomic E-state index is 0.368. The third-order valence-corrected chi connectivity index (χ3v) is 6.89. The molecule has 4 aromatic rings. The van der Waals surface area contributed by atoms with Crippen molar-refractivity contribution in [3.05, 3.63) is 128 Å². The molecule has 0 aliphatic rings. The molecule has 35 heavy (non-hydrogen) atoms. The predicted molar refractivity (Wildman–Crippen MR) is 146 cm³/mol. The monoisotopic (exact) mass is 464 g/mol. The van der Waals surface area contributed by atoms with Gasteiger partial charge in [-0.25, -0.2) is 0 Å². The van der Waals surface area contributed by atoms with Crippen LogP contribution >= 0.6 is 0 Å². The summed E-state index contributed by atoms with van der Waals surface area (Å²) in [6.45, 7) is 10.7. The lowest BCUT2D eigenvalue weighted by molar-refractivity contribution is 0.410. The molecule has 0 atom stereocenters. The molecule has 2 nitrogen and oxygen atoms in total. The van der Waals surface area contributed by atoms with Gasteiger partial charge in [-0.05, 0) is 97.7 Å². The smallest absolute Gasteiger partial charge is 0.122 e. The third-order valence-electron chi connectivity index (χ3n) is 6.89. The summed E-state index contributed by atoms with van der Waals surface area (Å²) >= 11 is 0. The third kappa shape index (κ3) is 5.95. The lowest BCUT2D eigenvalue weighted by Crippen LogP contribution is -2.00. The maximum Gasteiger partial charge on any atom is 0.122 e. The van der Waals surface area contributed by atoms with Gasteiger partial charge in [-0.3, -0.25) is 0 Å². The van der Waals surface area contributed by atoms with Crippen LogP contribution in [0.15, 0.2) is 66.7 Å². The van der Waals surface area contributed by atoms with Gasteiger partial charge in [-0.1, -0.05) is 71.3 Å². The van der Waals surface area contributed by atoms with Crippen LogP contribution in [0.1, 0.15) is 61.2 Å². The fourth-order valence-electron chi connectivity index (χ4n) is 5.01. The SMILES string of the molecule is COc1ccc(C)cc1Cc1cc(C)cc(Cc2cc(C)c(C)c(Cc3cc(C)ccc3O)c2)c1. The molecular weight excluding hydrogens is 428 g/mol. The van der Waals surface area contributed by atoms with Crippen LogP contribution < -0.4 is 4.74 Å². The number of aromatic hydroxyl groups is 1. The Morgan fingerprint density at radius 2 is 1.20 bits per heavy atom. The number of aryl methyl sites for hydroxylation is 4. The quantitative estimate of drug-likeness (QED) is 0.303. The van der Waals surface area contributed by atoms with Crippen molar-refractivity contribution in [2.75, 3.05) is 7.11 Å². The molecule has 180 valence electrons. The largest absolute Gasteiger partial charge is 0.508 e. The number of rotatable bonds is 7. The Hall–Kier alpha value is -3.52. The number of phenolic OH excluding ortho intramolecular Hbond substituents is 1. The molecule has 4 aromatic carbocycles. The predicted octanol–water partition coefficient (Wildman–Crippen LogP) is 7.72. The highest BCUT2D eigenvalue weighted by Crippen LogP contribution is 2.28. The normalized spacial score (nSPS) is 11.0. The van der Waals surface area contributed by atoms with Crippen LogP contribution in [0.25, 0.3) is 0 Å². The minimum Gasteiger partial charge on any atom is -0.508 e. The van der Waals surface area contributed by atoms with Crippen molar-refractivity contribution in [2.45, 2.75) is 53.9 Å². The Morgan fingerprint density at radius 1 is 0.571 bits per heavy atom. The molecule has 0 aliphatic heterocycles. The van der Waals surface area contributed by atoms with Crippen molar-refractivity contribution in [3.63, 3.8) is 0 Å². The molecule has 0 fully saturated rings. The summed E-state index contributed by atoms with van der Waals surface area (Å²) < 4.78 is 5.61. The lowest BCUT2D eigenvalue weighted by Gasteiger charge is -2.15. The van der Waals surface area contributed by atoms with E-state index in [0.29, 0.717) is 5.75 Å². The lowest BCUT2D eigenvalue weighted by atomic mass is 9.91. The van der Waals surface area contributed by atoms with Crippen LogP contribution in [0.5, 0.6) is 11.5 Å². The topological polar surface area (TPSA) is 29.5 Å². The van der Waals surface area contributed by atoms with E-state index < -0.39 is 0 Å². The van der Waals surface area contributed by atoms with Crippen molar-refractivity contribution in [1.29, 1.82) is 0 Å². The molecule has 0 aromatic heterocycles. The van der Waals surface area contributed by atoms with Crippen LogP contribution in [0.4, 0.5) is 0 Å². The van der Waals surface area contributed by atoms with E-state index in [2.05, 4.69) is 89.2 Å². The highest BCUT2D eigenvalue weighted by Gasteiger charge is 2.11. The van der Waals surface area contributed by atoms with E-state index >= 15 is 0 Å². The van der Waals surface area contributed by atoms with Crippen molar-refractivity contribution in [1.82, 2.24) is 0 Å². The van der Waals surface area contributed by atoms with Gasteiger partial charge in [-0.2, -0.15) is 0 Å². The van der Waals surface area contributed by atoms with E-state index in [1.807, 2.05) is 6.07 Å². The second-order valence-electron chi connectivity index (χ2n) is 10.0. The summed E-state index contributed by atoms with van der Waals surface area (Å²) in [5.74, 6) is 1.31. The first kappa shape index (κ1) is 24.6. The fourth-order valence-corrected chi connectivity index (χ4v) is 5.01. The summed E-state index contributed by atoms with van der Waals surface area (Å²) in [4.78, 5) is 0. The van der Waals surface area contributed by atoms with Gasteiger partial charge in [0.25, 0.3) is 0 Å². The summed E-state index contributed by atoms with van der Waals surface area (Å²) in [5.41, 5.74) is 13.7. The van der Waals surface area contributed by atoms with Crippen LogP contribution in [-0.2, 0) is 19.3 Å². The van der Waals surface area contributed by atoms with Gasteiger partial charge in [-0.15, -0.1) is 0 Å². The van der Waals surface area contributed by atoms with Crippen LogP contribution in [0.3, 0.4) is 0 Å². The number of methoxy groups -OCH3 is 1. The van der Waals surface area contributed by atoms with Gasteiger partial charge in [0.05, 0.1) is 7.11 Å². The van der Waals surface area contributed by atoms with Crippen LogP contribution in [0.2, 0.25) is 0 Å². The Balaban J connectivity index is 1.62. The van der Waals surface area contributed by atoms with Gasteiger partial charge >= 0.3 is 0 Å². The summed E-state index contributed by atoms with van der Waals surface area (Å²) in [7, 11) is 1.74. The molecule has 0 aliphatic carbocycles. The Kier molecular flexibility index (Phi) is 7.31. The number of phenols is 1. The Bertz CT molecular complexity index is 1360. The molecule has 0 unspecified atom stereocenters. The highest BCUT2D eigenvalue weighted by molar-refractivity contribution is 5.47. The molecule has 0 radical (unpaired) electrons. The first-order valence-electron chi connectivity index (χ1n) is 12.3. The number of ether oxygens (including phenoxy) is 1. The molecule has 0 bridgehead atoms. The summed E-state index contributed by atoms with van der Waals surface area (Å²) in [5, 5.41) is 10.4. The van der Waals surface area contributed by atoms with Gasteiger partial charge < -0.3 is 9.84 Å². The van der Waals surface area contributed by atoms with Gasteiger partial charge in [0.15, 0.2) is 0 Å². The first-order chi connectivity index (χ1) is 16.7. The van der Waals surface area contributed by atoms with E-state index in [-0.39, 0.29) is 0 Å². The maximum atomic E-state index is 10.4. The van der Waals surface area contributed by atoms with E-state index in [9.17, 15) is 5.11 Å². The first-order valence-corrected chi connectivity index (χ1v) is 12.3. The van der Waals surface area contributed by atoms with E-state index in [1.54, 1.807) is 13.2 Å². The zero-order valence-corrected chi connectivity index (χ0v) is 21.8. The molecule has 0 saturated carbocycles. The zero-order chi connectivity index (χ0) is 25.1. The van der Waals surface area contributed by atoms with Crippen LogP contribution in [0, 0.1) is 34.6 Å². The van der Waals surface area contributed by atoms with Crippen LogP contribution in [-0.4, -0.2) is 12.2 Å². The molecule has 0 spiro atoms. The number of hydrogen-bond donors (Lipinski definition) is 1. The average Bonchev–Trinajstić information content (AvgIpc) is 2.79. The highest BCUT2D eigenvalue weighted by atomic mass is 16.5. The van der Waals surface area contributed by atoms with E-state index in [0.717, 1.165) is 30.6 Å². The second-order valence-corrected chi connectivity index (χ2v) is 10.0. The molecule has 4 rings (SSSR count). The Morgan fingerprint density at radius 3 is 1.91 bits per heavy atom. The van der Waals surface area contributed by atoms with E-state index in [4.69, 9.17) is 4.74 Å². The fraction of sp³-hybridized carbons (Fsp3) is 0.273. The van der Waals surface area contributed by atoms with Crippen molar-refractivity contribution < 1.29 is 9.84 Å². The van der Waals surface area contributed by atoms with Crippen molar-refractivity contribution in [2.24, 2.45) is 0 Å². The van der Waals surface area contributed by atoms with Gasteiger partial charge in [0, 0.05) is 12.8 Å². The summed E-state index contributed by atoms with van der Waals surface area (Å²) in [6.07, 6.45) is 2.47. The maximum absolute atomic E-state index is 10.4. The van der Waals surface area contributed by atoms with E-state index in [1.165, 1.54) is 55.6 Å². The van der Waals surface area contributed by atoms with Crippen molar-refractivity contribution in [3.8, 4) is 11.5 Å². The minimum atomic E-state index is 0.368. The molecule has 0 saturated heterocycles. The molecule has 2 heteroatoms. The zero-order valence-electron chi connectivity index (χ0n) is 21.8. The van der Waals surface area contributed by atoms with Gasteiger partial charge in [0.1, 0.15) is 11.5 Å². The number of benzene rings is 4. The van der Waals surface area contributed by atoms with Gasteiger partial charge in [0.2, 0.25) is 0 Å². The number of hydrogen-bond acceptors (Lipinski definition) is 2. The standard InChI is InChI=1S/C33H36O2/c1-21-7-9-32(34)30(13-21)20-29-18-28(15-24(4)25(29)5)17-26-11-23(3)12-27(16-26)19-31-14-22(2)8-10-33(31)35-6/h7-16,18,34H,17,19-20H2,1-6H3. The molecule has 0 heterocycles. The molecule has 1 N–H and O–H groups in total. The molecular formula is C33H36O2. The molecule has 0 amide bonds. The Labute approximate surface area is 210 Å². The summed E-state index contributed by atoms with van der Waals surface area (Å²) in [6, 6.07) is 23.7. The van der Waals surface area contributed by atoms with Crippen molar-refractivity contribution >= 4 is 0 Å².